The summed E-state index contributed by atoms with van der Waals surface area (Å²) in [5.74, 6) is 0.957. The van der Waals surface area contributed by atoms with Gasteiger partial charge in [0.05, 0.1) is 13.2 Å². The predicted octanol–water partition coefficient (Wildman–Crippen LogP) is 1.51. The van der Waals surface area contributed by atoms with E-state index in [1.165, 1.54) is 0 Å². The fourth-order valence-corrected chi connectivity index (χ4v) is 1.40. The van der Waals surface area contributed by atoms with Crippen LogP contribution in [0.5, 0.6) is 0 Å². The van der Waals surface area contributed by atoms with E-state index in [0.29, 0.717) is 11.4 Å². The van der Waals surface area contributed by atoms with Crippen LogP contribution in [0.1, 0.15) is 11.5 Å². The Labute approximate surface area is 66.5 Å². The Morgan fingerprint density at radius 1 is 1.50 bits per heavy atom. The van der Waals surface area contributed by atoms with E-state index in [-0.39, 0.29) is 0 Å². The number of oxazole rings is 1. The summed E-state index contributed by atoms with van der Waals surface area (Å²) in [6.07, 6.45) is 0.841. The maximum absolute atomic E-state index is 5.23. The lowest BCUT2D eigenvalue weighted by atomic mass is 10.2. The molecule has 0 spiro atoms. The van der Waals surface area contributed by atoms with Gasteiger partial charge in [-0.3, -0.25) is 0 Å². The van der Waals surface area contributed by atoms with Crippen LogP contribution in [0.4, 0.5) is 0 Å². The molecule has 3 nitrogen and oxygen atoms in total. The first-order chi connectivity index (χ1) is 4.86. The van der Waals surface area contributed by atoms with Crippen LogP contribution in [0, 0.1) is 0 Å². The Balaban J connectivity index is 2.41. The molecule has 1 aromatic rings. The van der Waals surface area contributed by atoms with Crippen molar-refractivity contribution in [2.24, 2.45) is 0 Å². The van der Waals surface area contributed by atoms with Gasteiger partial charge in [-0.1, -0.05) is 0 Å². The van der Waals surface area contributed by atoms with E-state index in [2.05, 4.69) is 20.9 Å². The molecule has 2 rings (SSSR count). The monoisotopic (exact) mass is 203 g/mol. The van der Waals surface area contributed by atoms with E-state index in [4.69, 9.17) is 9.15 Å². The molecule has 4 heteroatoms. The number of fused-ring (bicyclic) bond motifs is 1. The first-order valence-corrected chi connectivity index (χ1v) is 3.87. The Kier molecular flexibility index (Phi) is 1.50. The Hall–Kier alpha value is -0.350. The van der Waals surface area contributed by atoms with Crippen molar-refractivity contribution in [3.05, 3.63) is 16.3 Å². The highest BCUT2D eigenvalue weighted by Crippen LogP contribution is 2.20. The van der Waals surface area contributed by atoms with Crippen molar-refractivity contribution in [2.75, 3.05) is 6.61 Å². The quantitative estimate of drug-likeness (QED) is 0.642. The van der Waals surface area contributed by atoms with Crippen molar-refractivity contribution in [1.82, 2.24) is 4.98 Å². The number of aromatic nitrogens is 1. The van der Waals surface area contributed by atoms with Crippen LogP contribution in [0.3, 0.4) is 0 Å². The minimum Gasteiger partial charge on any atom is -0.436 e. The number of nitrogens with zero attached hydrogens (tertiary/aromatic N) is 1. The fourth-order valence-electron chi connectivity index (χ4n) is 0.994. The zero-order chi connectivity index (χ0) is 6.97. The number of ether oxygens (including phenoxy) is 1. The lowest BCUT2D eigenvalue weighted by Crippen LogP contribution is -2.07. The third kappa shape index (κ3) is 0.973. The van der Waals surface area contributed by atoms with Crippen LogP contribution in [-0.4, -0.2) is 11.6 Å². The summed E-state index contributed by atoms with van der Waals surface area (Å²) in [7, 11) is 0. The summed E-state index contributed by atoms with van der Waals surface area (Å²) in [6, 6.07) is 0. The molecule has 0 bridgehead atoms. The second-order valence-electron chi connectivity index (χ2n) is 2.14. The van der Waals surface area contributed by atoms with Crippen LogP contribution >= 0.6 is 15.9 Å². The molecule has 0 aromatic carbocycles. The first-order valence-electron chi connectivity index (χ1n) is 3.08. The molecule has 1 aromatic heterocycles. The number of halogens is 1. The van der Waals surface area contributed by atoms with Gasteiger partial charge in [-0.05, 0) is 0 Å². The average molecular weight is 204 g/mol. The molecule has 1 aliphatic heterocycles. The van der Waals surface area contributed by atoms with Gasteiger partial charge in [0.1, 0.15) is 11.5 Å². The molecule has 0 saturated carbocycles. The van der Waals surface area contributed by atoms with Crippen molar-refractivity contribution in [3.8, 4) is 0 Å². The normalized spacial score (nSPS) is 16.9. The summed E-state index contributed by atoms with van der Waals surface area (Å²) < 4.78 is 10.4. The Morgan fingerprint density at radius 3 is 3.20 bits per heavy atom. The lowest BCUT2D eigenvalue weighted by Gasteiger charge is -2.07. The lowest BCUT2D eigenvalue weighted by molar-refractivity contribution is 0.102. The third-order valence-corrected chi connectivity index (χ3v) is 1.80. The second kappa shape index (κ2) is 2.36. The van der Waals surface area contributed by atoms with E-state index in [0.717, 1.165) is 24.5 Å². The van der Waals surface area contributed by atoms with E-state index in [1.807, 2.05) is 0 Å². The Bertz CT molecular complexity index is 222. The molecule has 0 saturated heterocycles. The summed E-state index contributed by atoms with van der Waals surface area (Å²) in [6.45, 7) is 1.33. The second-order valence-corrected chi connectivity index (χ2v) is 2.82. The van der Waals surface area contributed by atoms with Crippen molar-refractivity contribution < 1.29 is 9.15 Å². The van der Waals surface area contributed by atoms with E-state index in [9.17, 15) is 0 Å². The molecule has 0 unspecified atom stereocenters. The molecule has 0 aliphatic carbocycles. The number of hydrogen-bond acceptors (Lipinski definition) is 3. The maximum atomic E-state index is 5.23. The van der Waals surface area contributed by atoms with Gasteiger partial charge in [0.2, 0.25) is 0 Å². The van der Waals surface area contributed by atoms with Crippen molar-refractivity contribution in [3.63, 3.8) is 0 Å². The van der Waals surface area contributed by atoms with Crippen molar-refractivity contribution >= 4 is 15.9 Å². The highest BCUT2D eigenvalue weighted by atomic mass is 79.9. The fraction of sp³-hybridized carbons (Fsp3) is 0.500. The van der Waals surface area contributed by atoms with Crippen LogP contribution < -0.4 is 0 Å². The van der Waals surface area contributed by atoms with Gasteiger partial charge in [0.25, 0.3) is 4.80 Å². The molecule has 1 aliphatic rings. The molecule has 10 heavy (non-hydrogen) atoms. The molecule has 54 valence electrons. The molecule has 2 heterocycles. The summed E-state index contributed by atoms with van der Waals surface area (Å²) in [5, 5.41) is 0. The van der Waals surface area contributed by atoms with E-state index in [1.54, 1.807) is 0 Å². The van der Waals surface area contributed by atoms with E-state index >= 15 is 0 Å². The number of hydrogen-bond donors (Lipinski definition) is 0. The minimum atomic E-state index is 0.558. The SMILES string of the molecule is Brc1nc2c(o1)CCOC2. The zero-order valence-electron chi connectivity index (χ0n) is 5.26. The van der Waals surface area contributed by atoms with Crippen LogP contribution in [0.25, 0.3) is 0 Å². The minimum absolute atomic E-state index is 0.558. The summed E-state index contributed by atoms with van der Waals surface area (Å²) >= 11 is 3.16. The summed E-state index contributed by atoms with van der Waals surface area (Å²) in [5.41, 5.74) is 0.929. The zero-order valence-corrected chi connectivity index (χ0v) is 6.85. The van der Waals surface area contributed by atoms with Crippen LogP contribution in [0.2, 0.25) is 0 Å². The molecular weight excluding hydrogens is 198 g/mol. The van der Waals surface area contributed by atoms with Gasteiger partial charge in [-0.2, -0.15) is 0 Å². The van der Waals surface area contributed by atoms with Gasteiger partial charge in [0.15, 0.2) is 0 Å². The van der Waals surface area contributed by atoms with Crippen molar-refractivity contribution in [1.29, 1.82) is 0 Å². The smallest absolute Gasteiger partial charge is 0.264 e. The molecule has 0 N–H and O–H groups in total. The highest BCUT2D eigenvalue weighted by molar-refractivity contribution is 9.10. The maximum Gasteiger partial charge on any atom is 0.264 e. The van der Waals surface area contributed by atoms with Gasteiger partial charge >= 0.3 is 0 Å². The largest absolute Gasteiger partial charge is 0.436 e. The average Bonchev–Trinajstić information content (AvgIpc) is 2.27. The first kappa shape index (κ1) is 6.37. The van der Waals surface area contributed by atoms with Crippen molar-refractivity contribution in [2.45, 2.75) is 13.0 Å². The van der Waals surface area contributed by atoms with Gasteiger partial charge in [-0.25, -0.2) is 4.98 Å². The predicted molar refractivity (Wildman–Crippen MR) is 37.6 cm³/mol. The summed E-state index contributed by atoms with van der Waals surface area (Å²) in [4.78, 5) is 4.63. The van der Waals surface area contributed by atoms with Gasteiger partial charge < -0.3 is 9.15 Å². The van der Waals surface area contributed by atoms with Crippen LogP contribution in [0.15, 0.2) is 9.22 Å². The molecule has 0 radical (unpaired) electrons. The standard InChI is InChI=1S/C6H6BrNO2/c7-6-8-4-3-9-2-1-5(4)10-6/h1-3H2. The molecule has 0 amide bonds. The van der Waals surface area contributed by atoms with Gasteiger partial charge in [0, 0.05) is 22.4 Å². The Morgan fingerprint density at radius 2 is 2.40 bits per heavy atom. The van der Waals surface area contributed by atoms with E-state index < -0.39 is 0 Å². The number of rotatable bonds is 0. The molecule has 0 fully saturated rings. The third-order valence-electron chi connectivity index (χ3n) is 1.46. The highest BCUT2D eigenvalue weighted by Gasteiger charge is 2.15. The molecular formula is C6H6BrNO2. The van der Waals surface area contributed by atoms with Crippen LogP contribution in [-0.2, 0) is 17.8 Å². The molecule has 0 atom stereocenters. The topological polar surface area (TPSA) is 35.3 Å². The van der Waals surface area contributed by atoms with Gasteiger partial charge in [-0.15, -0.1) is 0 Å².